The maximum absolute atomic E-state index is 14.4. The van der Waals surface area contributed by atoms with Crippen molar-refractivity contribution >= 4 is 34.5 Å². The highest BCUT2D eigenvalue weighted by Gasteiger charge is 2.61. The zero-order valence-corrected chi connectivity index (χ0v) is 18.9. The molecule has 1 aliphatic carbocycles. The number of carbonyl (C=O) groups is 2. The molecule has 9 heteroatoms. The minimum atomic E-state index is -1.36. The van der Waals surface area contributed by atoms with Gasteiger partial charge >= 0.3 is 11.9 Å². The smallest absolute Gasteiger partial charge is 0.333 e. The highest BCUT2D eigenvalue weighted by molar-refractivity contribution is 14.1. The monoisotopic (exact) mass is 526 g/mol. The molecule has 1 saturated carbocycles. The fourth-order valence-electron chi connectivity index (χ4n) is 3.29. The lowest BCUT2D eigenvalue weighted by atomic mass is 10.1. The van der Waals surface area contributed by atoms with E-state index in [-0.39, 0.29) is 15.1 Å². The predicted octanol–water partition coefficient (Wildman–Crippen LogP) is 4.29. The number of hydrogen-bond acceptors (Lipinski definition) is 5. The molecule has 0 N–H and O–H groups in total. The number of halogens is 4. The molecule has 0 bridgehead atoms. The van der Waals surface area contributed by atoms with Crippen molar-refractivity contribution in [2.75, 3.05) is 14.2 Å². The lowest BCUT2D eigenvalue weighted by molar-refractivity contribution is -0.147. The molecule has 1 aliphatic rings. The van der Waals surface area contributed by atoms with Crippen molar-refractivity contribution in [1.82, 2.24) is 0 Å². The number of rotatable bonds is 7. The summed E-state index contributed by atoms with van der Waals surface area (Å²) in [5, 5.41) is 0. The molecular formula is C20H22F3IO5. The molecular weight excluding hydrogens is 504 g/mol. The second-order valence-corrected chi connectivity index (χ2v) is 8.50. The lowest BCUT2D eigenvalue weighted by Gasteiger charge is -2.13. The summed E-state index contributed by atoms with van der Waals surface area (Å²) in [6, 6.07) is 0. The van der Waals surface area contributed by atoms with Crippen molar-refractivity contribution in [3.05, 3.63) is 43.8 Å². The molecule has 1 aromatic carbocycles. The third kappa shape index (κ3) is 4.60. The van der Waals surface area contributed by atoms with Gasteiger partial charge in [-0.05, 0) is 40.8 Å². The van der Waals surface area contributed by atoms with E-state index < -0.39 is 59.5 Å². The first-order valence-corrected chi connectivity index (χ1v) is 9.82. The number of hydrogen-bond donors (Lipinski definition) is 0. The Hall–Kier alpha value is -1.62. The molecule has 29 heavy (non-hydrogen) atoms. The molecule has 0 heterocycles. The minimum Gasteiger partial charge on any atom is -0.466 e. The number of methoxy groups -OCH3 is 2. The number of ether oxygens (including phenoxy) is 3. The summed E-state index contributed by atoms with van der Waals surface area (Å²) in [5.41, 5.74) is -1.00. The Morgan fingerprint density at radius 2 is 1.66 bits per heavy atom. The van der Waals surface area contributed by atoms with Crippen LogP contribution in [0, 0.1) is 38.3 Å². The van der Waals surface area contributed by atoms with E-state index in [4.69, 9.17) is 9.47 Å². The van der Waals surface area contributed by atoms with Gasteiger partial charge in [0.25, 0.3) is 0 Å². The Bertz CT molecular complexity index is 837. The van der Waals surface area contributed by atoms with Crippen LogP contribution in [0.25, 0.3) is 0 Å². The van der Waals surface area contributed by atoms with Crippen molar-refractivity contribution in [2.24, 2.45) is 17.3 Å². The molecule has 0 unspecified atom stereocenters. The molecule has 0 radical (unpaired) electrons. The quantitative estimate of drug-likeness (QED) is 0.230. The number of allylic oxidation sites excluding steroid dienone is 1. The average Bonchev–Trinajstić information content (AvgIpc) is 3.22. The average molecular weight is 526 g/mol. The summed E-state index contributed by atoms with van der Waals surface area (Å²) in [5.74, 6) is -5.55. The van der Waals surface area contributed by atoms with Crippen LogP contribution in [-0.2, 0) is 37.0 Å². The molecule has 1 fully saturated rings. The lowest BCUT2D eigenvalue weighted by Crippen LogP contribution is -2.14. The van der Waals surface area contributed by atoms with Gasteiger partial charge in [-0.3, -0.25) is 4.79 Å². The standard InChI is InChI=1S/C20H22F3IO5/c1-9(18(25)28-5)6-12-13(20(12,2)3)19(26)29-8-11-15(22)14(21)10(7-27-4)16(23)17(11)24/h6,12-13H,7-8H2,1-5H3/b9-6+/t12-,13+/m1/s1. The van der Waals surface area contributed by atoms with Gasteiger partial charge < -0.3 is 14.2 Å². The summed E-state index contributed by atoms with van der Waals surface area (Å²) >= 11 is 1.54. The largest absolute Gasteiger partial charge is 0.466 e. The Labute approximate surface area is 180 Å². The van der Waals surface area contributed by atoms with Crippen molar-refractivity contribution < 1.29 is 37.0 Å². The van der Waals surface area contributed by atoms with Crippen LogP contribution in [0.2, 0.25) is 0 Å². The molecule has 5 nitrogen and oxygen atoms in total. The fourth-order valence-corrected chi connectivity index (χ4v) is 4.01. The van der Waals surface area contributed by atoms with E-state index in [0.717, 1.165) is 0 Å². The maximum Gasteiger partial charge on any atom is 0.333 e. The first-order chi connectivity index (χ1) is 13.5. The van der Waals surface area contributed by atoms with Crippen LogP contribution in [0.5, 0.6) is 0 Å². The summed E-state index contributed by atoms with van der Waals surface area (Å²) < 4.78 is 57.2. The van der Waals surface area contributed by atoms with Crippen LogP contribution in [0.1, 0.15) is 31.9 Å². The number of esters is 2. The van der Waals surface area contributed by atoms with E-state index in [1.807, 2.05) is 13.8 Å². The Balaban J connectivity index is 2.17. The van der Waals surface area contributed by atoms with Gasteiger partial charge in [0.2, 0.25) is 0 Å². The SMILES string of the molecule is COCc1c(F)c(F)c(COC(=O)[C@@H]2[C@@H](/C=C(\C)C(=O)OC)C2(C)C)c(I)c1F. The van der Waals surface area contributed by atoms with Gasteiger partial charge in [0, 0.05) is 18.2 Å². The molecule has 0 saturated heterocycles. The summed E-state index contributed by atoms with van der Waals surface area (Å²) in [6.45, 7) is 4.20. The summed E-state index contributed by atoms with van der Waals surface area (Å²) in [4.78, 5) is 24.0. The van der Waals surface area contributed by atoms with Gasteiger partial charge in [0.05, 0.1) is 28.8 Å². The first-order valence-electron chi connectivity index (χ1n) is 8.74. The first kappa shape index (κ1) is 23.7. The van der Waals surface area contributed by atoms with Crippen molar-refractivity contribution in [1.29, 1.82) is 0 Å². The summed E-state index contributed by atoms with van der Waals surface area (Å²) in [6.07, 6.45) is 1.64. The van der Waals surface area contributed by atoms with Crippen LogP contribution >= 0.6 is 22.6 Å². The van der Waals surface area contributed by atoms with E-state index in [1.165, 1.54) is 14.2 Å². The van der Waals surface area contributed by atoms with Crippen molar-refractivity contribution in [3.63, 3.8) is 0 Å². The minimum absolute atomic E-state index is 0.172. The second kappa shape index (κ2) is 9.03. The van der Waals surface area contributed by atoms with E-state index in [2.05, 4.69) is 4.74 Å². The third-order valence-electron chi connectivity index (χ3n) is 5.19. The molecule has 0 amide bonds. The molecule has 2 atom stereocenters. The molecule has 2 rings (SSSR count). The van der Waals surface area contributed by atoms with E-state index >= 15 is 0 Å². The van der Waals surface area contributed by atoms with Gasteiger partial charge in [0.1, 0.15) is 12.4 Å². The Morgan fingerprint density at radius 1 is 1.07 bits per heavy atom. The van der Waals surface area contributed by atoms with E-state index in [1.54, 1.807) is 35.6 Å². The normalized spacial score (nSPS) is 20.4. The van der Waals surface area contributed by atoms with Gasteiger partial charge in [-0.1, -0.05) is 19.9 Å². The zero-order valence-electron chi connectivity index (χ0n) is 16.7. The molecule has 1 aromatic rings. The third-order valence-corrected chi connectivity index (χ3v) is 6.32. The topological polar surface area (TPSA) is 61.8 Å². The fraction of sp³-hybridized carbons (Fsp3) is 0.500. The number of carbonyl (C=O) groups excluding carboxylic acids is 2. The van der Waals surface area contributed by atoms with Gasteiger partial charge in [-0.25, -0.2) is 18.0 Å². The maximum atomic E-state index is 14.4. The van der Waals surface area contributed by atoms with E-state index in [0.29, 0.717) is 5.57 Å². The van der Waals surface area contributed by atoms with Gasteiger partial charge in [-0.2, -0.15) is 0 Å². The molecule has 160 valence electrons. The van der Waals surface area contributed by atoms with Crippen LogP contribution < -0.4 is 0 Å². The van der Waals surface area contributed by atoms with Crippen LogP contribution in [0.3, 0.4) is 0 Å². The Morgan fingerprint density at radius 3 is 2.21 bits per heavy atom. The zero-order chi connectivity index (χ0) is 22.1. The second-order valence-electron chi connectivity index (χ2n) is 7.42. The van der Waals surface area contributed by atoms with Gasteiger partial charge in [-0.15, -0.1) is 0 Å². The van der Waals surface area contributed by atoms with E-state index in [9.17, 15) is 22.8 Å². The summed E-state index contributed by atoms with van der Waals surface area (Å²) in [7, 11) is 2.50. The van der Waals surface area contributed by atoms with Gasteiger partial charge in [0.15, 0.2) is 11.6 Å². The van der Waals surface area contributed by atoms with Crippen molar-refractivity contribution in [3.8, 4) is 0 Å². The molecule has 0 aromatic heterocycles. The number of benzene rings is 1. The van der Waals surface area contributed by atoms with Crippen LogP contribution in [0.15, 0.2) is 11.6 Å². The highest BCUT2D eigenvalue weighted by Crippen LogP contribution is 2.60. The van der Waals surface area contributed by atoms with Crippen LogP contribution in [0.4, 0.5) is 13.2 Å². The Kier molecular flexibility index (Phi) is 7.37. The highest BCUT2D eigenvalue weighted by atomic mass is 127. The molecule has 0 aliphatic heterocycles. The predicted molar refractivity (Wildman–Crippen MR) is 106 cm³/mol. The van der Waals surface area contributed by atoms with Crippen molar-refractivity contribution in [2.45, 2.75) is 34.0 Å². The van der Waals surface area contributed by atoms with Crippen LogP contribution in [-0.4, -0.2) is 26.2 Å². The molecule has 0 spiro atoms.